The molecule has 0 amide bonds. The SMILES string of the molecule is O=S(O)Cc1ccc[nH]1. The van der Waals surface area contributed by atoms with Gasteiger partial charge in [0.15, 0.2) is 11.1 Å². The van der Waals surface area contributed by atoms with Gasteiger partial charge in [0.05, 0.1) is 5.75 Å². The molecule has 3 nitrogen and oxygen atoms in total. The summed E-state index contributed by atoms with van der Waals surface area (Å²) in [7, 11) is 0. The summed E-state index contributed by atoms with van der Waals surface area (Å²) in [6, 6.07) is 3.57. The lowest BCUT2D eigenvalue weighted by molar-refractivity contribution is 0.563. The van der Waals surface area contributed by atoms with Gasteiger partial charge < -0.3 is 9.54 Å². The molecule has 0 radical (unpaired) electrons. The van der Waals surface area contributed by atoms with Crippen molar-refractivity contribution in [1.82, 2.24) is 4.98 Å². The van der Waals surface area contributed by atoms with Crippen LogP contribution < -0.4 is 0 Å². The Morgan fingerprint density at radius 1 is 1.78 bits per heavy atom. The quantitative estimate of drug-likeness (QED) is 0.603. The number of hydrogen-bond donors (Lipinski definition) is 2. The summed E-state index contributed by atoms with van der Waals surface area (Å²) in [5.41, 5.74) is 0.788. The molecule has 0 aliphatic rings. The summed E-state index contributed by atoms with van der Waals surface area (Å²) in [5.74, 6) is 0.187. The molecule has 0 fully saturated rings. The van der Waals surface area contributed by atoms with E-state index in [-0.39, 0.29) is 5.75 Å². The third kappa shape index (κ3) is 1.99. The Balaban J connectivity index is 2.58. The fourth-order valence-corrected chi connectivity index (χ4v) is 1.04. The van der Waals surface area contributed by atoms with Gasteiger partial charge in [-0.1, -0.05) is 0 Å². The van der Waals surface area contributed by atoms with Crippen molar-refractivity contribution in [2.75, 3.05) is 0 Å². The van der Waals surface area contributed by atoms with Gasteiger partial charge in [0, 0.05) is 11.9 Å². The second kappa shape index (κ2) is 2.80. The van der Waals surface area contributed by atoms with Crippen LogP contribution in [0.2, 0.25) is 0 Å². The molecule has 1 unspecified atom stereocenters. The van der Waals surface area contributed by atoms with E-state index >= 15 is 0 Å². The van der Waals surface area contributed by atoms with Crippen molar-refractivity contribution in [2.45, 2.75) is 5.75 Å². The highest BCUT2D eigenvalue weighted by Crippen LogP contribution is 1.96. The molecule has 1 aromatic rings. The number of aromatic amines is 1. The minimum absolute atomic E-state index is 0.187. The van der Waals surface area contributed by atoms with Crippen molar-refractivity contribution in [3.05, 3.63) is 24.0 Å². The Labute approximate surface area is 55.4 Å². The summed E-state index contributed by atoms with van der Waals surface area (Å²) >= 11 is -1.73. The Kier molecular flexibility index (Phi) is 2.02. The van der Waals surface area contributed by atoms with E-state index in [9.17, 15) is 4.21 Å². The molecule has 0 aliphatic carbocycles. The van der Waals surface area contributed by atoms with Crippen molar-refractivity contribution in [3.63, 3.8) is 0 Å². The van der Waals surface area contributed by atoms with Gasteiger partial charge in [0.2, 0.25) is 0 Å². The first kappa shape index (κ1) is 6.51. The van der Waals surface area contributed by atoms with Crippen LogP contribution in [-0.2, 0) is 16.8 Å². The minimum atomic E-state index is -1.73. The molecular formula is C5H7NO2S. The Morgan fingerprint density at radius 2 is 2.56 bits per heavy atom. The van der Waals surface area contributed by atoms with Gasteiger partial charge >= 0.3 is 0 Å². The molecule has 4 heteroatoms. The van der Waals surface area contributed by atoms with Crippen LogP contribution in [0.1, 0.15) is 5.69 Å². The average Bonchev–Trinajstić information content (AvgIpc) is 2.15. The summed E-state index contributed by atoms with van der Waals surface area (Å²) in [5, 5.41) is 0. The zero-order chi connectivity index (χ0) is 6.69. The fourth-order valence-electron chi connectivity index (χ4n) is 0.590. The topological polar surface area (TPSA) is 53.1 Å². The van der Waals surface area contributed by atoms with Crippen molar-refractivity contribution >= 4 is 11.1 Å². The van der Waals surface area contributed by atoms with Crippen LogP contribution in [0.25, 0.3) is 0 Å². The van der Waals surface area contributed by atoms with Gasteiger partial charge in [0.25, 0.3) is 0 Å². The molecule has 0 spiro atoms. The zero-order valence-corrected chi connectivity index (χ0v) is 5.52. The molecule has 0 bridgehead atoms. The third-order valence-electron chi connectivity index (χ3n) is 0.941. The van der Waals surface area contributed by atoms with E-state index in [4.69, 9.17) is 4.55 Å². The average molecular weight is 145 g/mol. The second-order valence-electron chi connectivity index (χ2n) is 1.66. The fraction of sp³-hybridized carbons (Fsp3) is 0.200. The highest BCUT2D eigenvalue weighted by molar-refractivity contribution is 7.78. The molecule has 1 heterocycles. The van der Waals surface area contributed by atoms with E-state index in [0.29, 0.717) is 0 Å². The summed E-state index contributed by atoms with van der Waals surface area (Å²) in [6.45, 7) is 0. The Morgan fingerprint density at radius 3 is 3.00 bits per heavy atom. The van der Waals surface area contributed by atoms with Crippen molar-refractivity contribution in [2.24, 2.45) is 0 Å². The monoisotopic (exact) mass is 145 g/mol. The van der Waals surface area contributed by atoms with Crippen LogP contribution in [0.15, 0.2) is 18.3 Å². The Hall–Kier alpha value is -0.610. The molecule has 0 saturated carbocycles. The predicted molar refractivity (Wildman–Crippen MR) is 35.3 cm³/mol. The summed E-state index contributed by atoms with van der Waals surface area (Å²) in [4.78, 5) is 2.82. The lowest BCUT2D eigenvalue weighted by atomic mass is 10.5. The molecule has 1 atom stereocenters. The smallest absolute Gasteiger partial charge is 0.158 e. The highest BCUT2D eigenvalue weighted by Gasteiger charge is 1.95. The first-order valence-electron chi connectivity index (χ1n) is 2.49. The molecule has 50 valence electrons. The maximum atomic E-state index is 10.2. The van der Waals surface area contributed by atoms with Crippen LogP contribution in [0.5, 0.6) is 0 Å². The molecule has 0 aromatic carbocycles. The van der Waals surface area contributed by atoms with Gasteiger partial charge in [-0.05, 0) is 12.1 Å². The first-order valence-corrected chi connectivity index (χ1v) is 3.76. The minimum Gasteiger partial charge on any atom is -0.364 e. The van der Waals surface area contributed by atoms with Crippen LogP contribution in [0.4, 0.5) is 0 Å². The second-order valence-corrected chi connectivity index (χ2v) is 2.59. The third-order valence-corrected chi connectivity index (χ3v) is 1.50. The van der Waals surface area contributed by atoms with Gasteiger partial charge in [-0.2, -0.15) is 0 Å². The molecule has 1 aromatic heterocycles. The van der Waals surface area contributed by atoms with Crippen LogP contribution in [0, 0.1) is 0 Å². The van der Waals surface area contributed by atoms with E-state index in [1.807, 2.05) is 0 Å². The van der Waals surface area contributed by atoms with E-state index in [1.54, 1.807) is 18.3 Å². The van der Waals surface area contributed by atoms with E-state index in [1.165, 1.54) is 0 Å². The van der Waals surface area contributed by atoms with Gasteiger partial charge in [0.1, 0.15) is 0 Å². The number of nitrogens with one attached hydrogen (secondary N) is 1. The summed E-state index contributed by atoms with van der Waals surface area (Å²) < 4.78 is 18.5. The van der Waals surface area contributed by atoms with Crippen LogP contribution in [-0.4, -0.2) is 13.7 Å². The normalized spacial score (nSPS) is 13.4. The molecular weight excluding hydrogens is 138 g/mol. The van der Waals surface area contributed by atoms with Gasteiger partial charge in [-0.25, -0.2) is 4.21 Å². The van der Waals surface area contributed by atoms with E-state index in [2.05, 4.69) is 4.98 Å². The lowest BCUT2D eigenvalue weighted by Gasteiger charge is -1.87. The number of hydrogen-bond acceptors (Lipinski definition) is 1. The Bertz CT molecular complexity index is 195. The van der Waals surface area contributed by atoms with Gasteiger partial charge in [-0.15, -0.1) is 0 Å². The lowest BCUT2D eigenvalue weighted by Crippen LogP contribution is -1.91. The van der Waals surface area contributed by atoms with Crippen LogP contribution in [0.3, 0.4) is 0 Å². The maximum absolute atomic E-state index is 10.2. The van der Waals surface area contributed by atoms with Gasteiger partial charge in [-0.3, -0.25) is 0 Å². The zero-order valence-electron chi connectivity index (χ0n) is 4.70. The molecule has 0 saturated heterocycles. The van der Waals surface area contributed by atoms with E-state index in [0.717, 1.165) is 5.69 Å². The maximum Gasteiger partial charge on any atom is 0.158 e. The van der Waals surface area contributed by atoms with Crippen LogP contribution >= 0.6 is 0 Å². The predicted octanol–water partition coefficient (Wildman–Crippen LogP) is 0.736. The standard InChI is InChI=1S/C5H7NO2S/c7-9(8)4-5-2-1-3-6-5/h1-3,6H,4H2,(H,7,8). The highest BCUT2D eigenvalue weighted by atomic mass is 32.2. The van der Waals surface area contributed by atoms with Crippen molar-refractivity contribution in [3.8, 4) is 0 Å². The largest absolute Gasteiger partial charge is 0.364 e. The molecule has 1 rings (SSSR count). The van der Waals surface area contributed by atoms with E-state index < -0.39 is 11.1 Å². The number of rotatable bonds is 2. The summed E-state index contributed by atoms with van der Waals surface area (Å²) in [6.07, 6.45) is 1.72. The molecule has 9 heavy (non-hydrogen) atoms. The van der Waals surface area contributed by atoms with Crippen molar-refractivity contribution in [1.29, 1.82) is 0 Å². The number of H-pyrrole nitrogens is 1. The van der Waals surface area contributed by atoms with Crippen molar-refractivity contribution < 1.29 is 8.76 Å². The number of aromatic nitrogens is 1. The molecule has 0 aliphatic heterocycles. The first-order chi connectivity index (χ1) is 4.29. The molecule has 2 N–H and O–H groups in total.